The molecule has 0 radical (unpaired) electrons. The third kappa shape index (κ3) is 6.03. The summed E-state index contributed by atoms with van der Waals surface area (Å²) in [6.07, 6.45) is 9.68. The second-order valence-electron chi connectivity index (χ2n) is 9.98. The van der Waals surface area contributed by atoms with Crippen molar-refractivity contribution < 1.29 is 13.9 Å². The number of amides is 1. The van der Waals surface area contributed by atoms with Gasteiger partial charge in [-0.05, 0) is 70.7 Å². The third-order valence-corrected chi connectivity index (χ3v) is 6.25. The fourth-order valence-electron chi connectivity index (χ4n) is 4.79. The lowest BCUT2D eigenvalue weighted by Gasteiger charge is -2.40. The van der Waals surface area contributed by atoms with Crippen LogP contribution in [0.4, 0.5) is 10.5 Å². The number of ether oxygens (including phenoxy) is 1. The Bertz CT molecular complexity index is 860. The number of nitrogens with one attached hydrogen (secondary N) is 2. The number of hydrogen-bond acceptors (Lipinski definition) is 6. The van der Waals surface area contributed by atoms with Crippen LogP contribution in [-0.2, 0) is 4.74 Å². The van der Waals surface area contributed by atoms with Crippen LogP contribution >= 0.6 is 0 Å². The van der Waals surface area contributed by atoms with Crippen LogP contribution in [0.2, 0.25) is 0 Å². The summed E-state index contributed by atoms with van der Waals surface area (Å²) in [6.45, 7) is 7.72. The molecule has 0 spiro atoms. The predicted molar refractivity (Wildman–Crippen MR) is 126 cm³/mol. The Labute approximate surface area is 190 Å². The van der Waals surface area contributed by atoms with Crippen molar-refractivity contribution in [3.63, 3.8) is 0 Å². The van der Waals surface area contributed by atoms with Gasteiger partial charge in [-0.3, -0.25) is 0 Å². The number of benzene rings is 1. The summed E-state index contributed by atoms with van der Waals surface area (Å²) in [7, 11) is 0. The molecule has 2 N–H and O–H groups in total. The summed E-state index contributed by atoms with van der Waals surface area (Å²) in [6, 6.07) is 9.24. The fraction of sp³-hybridized carbons (Fsp3) is 0.600. The van der Waals surface area contributed by atoms with Crippen molar-refractivity contribution in [3.8, 4) is 11.5 Å². The molecule has 7 heteroatoms. The van der Waals surface area contributed by atoms with Crippen molar-refractivity contribution in [2.24, 2.45) is 0 Å². The maximum Gasteiger partial charge on any atom is 0.407 e. The molecule has 1 aromatic heterocycles. The summed E-state index contributed by atoms with van der Waals surface area (Å²) >= 11 is 0. The van der Waals surface area contributed by atoms with E-state index >= 15 is 0 Å². The first-order chi connectivity index (χ1) is 15.4. The van der Waals surface area contributed by atoms with Crippen molar-refractivity contribution in [1.82, 2.24) is 15.6 Å². The first-order valence-electron chi connectivity index (χ1n) is 11.9. The molecule has 0 bridgehead atoms. The number of rotatable bonds is 5. The van der Waals surface area contributed by atoms with E-state index in [2.05, 4.69) is 44.8 Å². The van der Waals surface area contributed by atoms with Gasteiger partial charge < -0.3 is 24.7 Å². The van der Waals surface area contributed by atoms with Crippen LogP contribution in [0.25, 0.3) is 11.5 Å². The van der Waals surface area contributed by atoms with Crippen LogP contribution in [0.15, 0.2) is 41.1 Å². The smallest absolute Gasteiger partial charge is 0.407 e. The largest absolute Gasteiger partial charge is 0.445 e. The van der Waals surface area contributed by atoms with Crippen molar-refractivity contribution >= 4 is 11.8 Å². The van der Waals surface area contributed by atoms with E-state index in [1.807, 2.05) is 20.8 Å². The van der Waals surface area contributed by atoms with Gasteiger partial charge >= 0.3 is 6.09 Å². The number of oxazole rings is 1. The van der Waals surface area contributed by atoms with E-state index in [4.69, 9.17) is 9.15 Å². The van der Waals surface area contributed by atoms with E-state index in [9.17, 15) is 4.79 Å². The minimum absolute atomic E-state index is 0.119. The van der Waals surface area contributed by atoms with Crippen LogP contribution < -0.4 is 15.5 Å². The van der Waals surface area contributed by atoms with Gasteiger partial charge in [0.15, 0.2) is 0 Å². The highest BCUT2D eigenvalue weighted by Crippen LogP contribution is 2.26. The molecule has 2 aliphatic rings. The van der Waals surface area contributed by atoms with E-state index in [1.165, 1.54) is 12.1 Å². The number of carbonyl (C=O) groups is 1. The van der Waals surface area contributed by atoms with Crippen LogP contribution in [0.5, 0.6) is 0 Å². The van der Waals surface area contributed by atoms with Gasteiger partial charge in [0.05, 0.1) is 6.20 Å². The van der Waals surface area contributed by atoms with Gasteiger partial charge in [0.2, 0.25) is 5.89 Å². The van der Waals surface area contributed by atoms with Crippen LogP contribution in [0, 0.1) is 0 Å². The summed E-state index contributed by atoms with van der Waals surface area (Å²) in [4.78, 5) is 19.0. The normalized spacial score (nSPS) is 24.2. The molecule has 2 aromatic rings. The molecule has 1 aliphatic heterocycles. The summed E-state index contributed by atoms with van der Waals surface area (Å²) in [5.74, 6) is 0.649. The summed E-state index contributed by atoms with van der Waals surface area (Å²) < 4.78 is 10.9. The topological polar surface area (TPSA) is 79.6 Å². The Morgan fingerprint density at radius 3 is 2.53 bits per heavy atom. The number of carbonyl (C=O) groups excluding carboxylic acids is 1. The van der Waals surface area contributed by atoms with Crippen molar-refractivity contribution in [1.29, 1.82) is 0 Å². The lowest BCUT2D eigenvalue weighted by Crippen LogP contribution is -2.57. The molecular formula is C25H36N4O3. The molecule has 7 nitrogen and oxygen atoms in total. The molecule has 1 aromatic carbocycles. The zero-order valence-corrected chi connectivity index (χ0v) is 19.5. The fourth-order valence-corrected chi connectivity index (χ4v) is 4.79. The van der Waals surface area contributed by atoms with Crippen LogP contribution in [0.1, 0.15) is 59.3 Å². The molecule has 2 heterocycles. The van der Waals surface area contributed by atoms with Gasteiger partial charge in [0, 0.05) is 42.5 Å². The second kappa shape index (κ2) is 9.94. The lowest BCUT2D eigenvalue weighted by atomic mass is 9.89. The Morgan fingerprint density at radius 2 is 1.84 bits per heavy atom. The van der Waals surface area contributed by atoms with Gasteiger partial charge in [-0.25, -0.2) is 9.78 Å². The Balaban J connectivity index is 1.34. The van der Waals surface area contributed by atoms with Crippen molar-refractivity contribution in [3.05, 3.63) is 36.7 Å². The minimum atomic E-state index is -0.478. The quantitative estimate of drug-likeness (QED) is 0.699. The first-order valence-corrected chi connectivity index (χ1v) is 11.9. The number of hydrogen-bond donors (Lipinski definition) is 2. The molecule has 1 unspecified atom stereocenters. The number of piperidine rings is 1. The van der Waals surface area contributed by atoms with Crippen molar-refractivity contribution in [2.45, 2.75) is 83.0 Å². The molecule has 32 heavy (non-hydrogen) atoms. The third-order valence-electron chi connectivity index (χ3n) is 6.25. The van der Waals surface area contributed by atoms with Gasteiger partial charge in [0.25, 0.3) is 0 Å². The Morgan fingerprint density at radius 1 is 1.09 bits per heavy atom. The van der Waals surface area contributed by atoms with Crippen LogP contribution in [-0.4, -0.2) is 47.9 Å². The first kappa shape index (κ1) is 22.6. The minimum Gasteiger partial charge on any atom is -0.445 e. The highest BCUT2D eigenvalue weighted by molar-refractivity contribution is 5.68. The van der Waals surface area contributed by atoms with E-state index in [0.29, 0.717) is 11.9 Å². The summed E-state index contributed by atoms with van der Waals surface area (Å²) in [5.41, 5.74) is 1.73. The summed E-state index contributed by atoms with van der Waals surface area (Å²) in [5, 5.41) is 7.00. The molecule has 174 valence electrons. The predicted octanol–water partition coefficient (Wildman–Crippen LogP) is 4.74. The van der Waals surface area contributed by atoms with E-state index in [-0.39, 0.29) is 18.2 Å². The van der Waals surface area contributed by atoms with Crippen LogP contribution in [0.3, 0.4) is 0 Å². The number of anilines is 1. The van der Waals surface area contributed by atoms with Crippen molar-refractivity contribution in [2.75, 3.05) is 18.0 Å². The molecule has 1 amide bonds. The number of alkyl carbamates (subject to hydrolysis) is 1. The maximum atomic E-state index is 12.3. The standard InChI is InChI=1S/C25H36N4O3/c1-25(2,3)32-24(30)28-22-9-5-4-8-21(22)27-19-7-6-15-29(17-19)20-12-10-18(11-13-20)23-26-14-16-31-23/h10-14,16,19,21-22,27H,4-9,15,17H2,1-3H3,(H,28,30)/t19?,21-,22-/m1/s1. The van der Waals surface area contributed by atoms with E-state index in [0.717, 1.165) is 50.8 Å². The zero-order chi connectivity index (χ0) is 22.6. The molecule has 2 fully saturated rings. The maximum absolute atomic E-state index is 12.3. The SMILES string of the molecule is CC(C)(C)OC(=O)N[C@@H]1CCCC[C@H]1NC1CCCN(c2ccc(-c3ncco3)cc2)C1. The molecular weight excluding hydrogens is 404 g/mol. The second-order valence-corrected chi connectivity index (χ2v) is 9.98. The van der Waals surface area contributed by atoms with E-state index < -0.39 is 5.60 Å². The molecule has 1 aliphatic carbocycles. The Hall–Kier alpha value is -2.54. The molecule has 4 rings (SSSR count). The monoisotopic (exact) mass is 440 g/mol. The van der Waals surface area contributed by atoms with Gasteiger partial charge in [-0.15, -0.1) is 0 Å². The van der Waals surface area contributed by atoms with E-state index in [1.54, 1.807) is 12.5 Å². The van der Waals surface area contributed by atoms with Gasteiger partial charge in [-0.1, -0.05) is 12.8 Å². The number of aromatic nitrogens is 1. The molecule has 1 saturated heterocycles. The number of nitrogens with zero attached hydrogens (tertiary/aromatic N) is 2. The highest BCUT2D eigenvalue weighted by atomic mass is 16.6. The molecule has 1 saturated carbocycles. The lowest BCUT2D eigenvalue weighted by molar-refractivity contribution is 0.0476. The highest BCUT2D eigenvalue weighted by Gasteiger charge is 2.31. The average Bonchev–Trinajstić information content (AvgIpc) is 3.29. The molecule has 3 atom stereocenters. The Kier molecular flexibility index (Phi) is 7.04. The van der Waals surface area contributed by atoms with Gasteiger partial charge in [0.1, 0.15) is 11.9 Å². The van der Waals surface area contributed by atoms with Gasteiger partial charge in [-0.2, -0.15) is 0 Å². The average molecular weight is 441 g/mol. The zero-order valence-electron chi connectivity index (χ0n) is 19.5.